The molecule has 0 bridgehead atoms. The van der Waals surface area contributed by atoms with Crippen molar-refractivity contribution in [2.75, 3.05) is 12.3 Å². The van der Waals surface area contributed by atoms with E-state index >= 15 is 0 Å². The number of carbonyl (C=O) groups excluding carboxylic acids is 1. The van der Waals surface area contributed by atoms with Gasteiger partial charge in [0, 0.05) is 12.3 Å². The first-order valence-corrected chi connectivity index (χ1v) is 9.64. The predicted molar refractivity (Wildman–Crippen MR) is 102 cm³/mol. The number of nitrogen functional groups attached to an aromatic ring is 1. The quantitative estimate of drug-likeness (QED) is 0.302. The Labute approximate surface area is 163 Å². The van der Waals surface area contributed by atoms with Gasteiger partial charge < -0.3 is 25.4 Å². The normalized spacial score (nSPS) is 24.7. The molecule has 0 spiro atoms. The molecule has 1 aromatic heterocycles. The number of hydrogen-bond acceptors (Lipinski definition) is 8. The van der Waals surface area contributed by atoms with Gasteiger partial charge in [0.05, 0.1) is 6.61 Å². The van der Waals surface area contributed by atoms with E-state index < -0.39 is 42.8 Å². The lowest BCUT2D eigenvalue weighted by molar-refractivity contribution is -0.150. The van der Waals surface area contributed by atoms with Gasteiger partial charge in [-0.15, -0.1) is 0 Å². The van der Waals surface area contributed by atoms with Crippen LogP contribution in [0.3, 0.4) is 0 Å². The molecule has 9 nitrogen and oxygen atoms in total. The second-order valence-electron chi connectivity index (χ2n) is 6.79. The van der Waals surface area contributed by atoms with Gasteiger partial charge in [-0.05, 0) is 18.9 Å². The molecule has 4 N–H and O–H groups in total. The van der Waals surface area contributed by atoms with Crippen LogP contribution in [0.5, 0.6) is 0 Å². The van der Waals surface area contributed by atoms with E-state index in [1.807, 2.05) is 0 Å². The minimum Gasteiger partial charge on any atom is -0.453 e. The number of aliphatic hydroxyl groups excluding tert-OH is 2. The lowest BCUT2D eigenvalue weighted by Gasteiger charge is -2.19. The largest absolute Gasteiger partial charge is 0.453 e. The maximum Gasteiger partial charge on any atom is 0.351 e. The molecule has 156 valence electrons. The molecule has 2 rings (SSSR count). The van der Waals surface area contributed by atoms with E-state index in [-0.39, 0.29) is 5.82 Å². The van der Waals surface area contributed by atoms with Crippen LogP contribution in [0.4, 0.5) is 5.82 Å². The molecule has 4 atom stereocenters. The number of unbranched alkanes of at least 4 members (excludes halogenated alkanes) is 5. The van der Waals surface area contributed by atoms with E-state index in [9.17, 15) is 19.8 Å². The molecule has 28 heavy (non-hydrogen) atoms. The van der Waals surface area contributed by atoms with E-state index in [2.05, 4.69) is 11.9 Å². The van der Waals surface area contributed by atoms with Crippen LogP contribution in [-0.4, -0.2) is 50.7 Å². The molecule has 0 aromatic carbocycles. The second kappa shape index (κ2) is 10.9. The molecular formula is C19H29N3O6. The SMILES string of the molecule is CCCCCCC/C=C\C(=O)O[C@H]1[C@H](O)[C@H](n2ccc(N)nc2=O)O[C@@H]1CO. The van der Waals surface area contributed by atoms with Gasteiger partial charge in [-0.1, -0.05) is 38.7 Å². The molecule has 9 heteroatoms. The summed E-state index contributed by atoms with van der Waals surface area (Å²) in [5.41, 5.74) is 4.74. The number of nitrogens with two attached hydrogens (primary N) is 1. The maximum atomic E-state index is 12.0. The minimum absolute atomic E-state index is 0.0373. The molecule has 2 heterocycles. The number of anilines is 1. The lowest BCUT2D eigenvalue weighted by Crippen LogP contribution is -2.39. The second-order valence-corrected chi connectivity index (χ2v) is 6.79. The van der Waals surface area contributed by atoms with E-state index in [4.69, 9.17) is 15.2 Å². The van der Waals surface area contributed by atoms with Crippen LogP contribution < -0.4 is 11.4 Å². The third-order valence-electron chi connectivity index (χ3n) is 4.60. The number of hydrogen-bond donors (Lipinski definition) is 3. The third kappa shape index (κ3) is 5.88. The van der Waals surface area contributed by atoms with Gasteiger partial charge in [-0.25, -0.2) is 9.59 Å². The minimum atomic E-state index is -1.34. The van der Waals surface area contributed by atoms with E-state index in [0.717, 1.165) is 23.8 Å². The summed E-state index contributed by atoms with van der Waals surface area (Å²) < 4.78 is 11.8. The summed E-state index contributed by atoms with van der Waals surface area (Å²) in [6.45, 7) is 1.67. The molecule has 1 aromatic rings. The summed E-state index contributed by atoms with van der Waals surface area (Å²) >= 11 is 0. The Morgan fingerprint density at radius 3 is 2.82 bits per heavy atom. The summed E-state index contributed by atoms with van der Waals surface area (Å²) in [5, 5.41) is 20.0. The van der Waals surface area contributed by atoms with Crippen molar-refractivity contribution >= 4 is 11.8 Å². The van der Waals surface area contributed by atoms with Gasteiger partial charge in [0.2, 0.25) is 0 Å². The predicted octanol–water partition coefficient (Wildman–Crippen LogP) is 0.905. The molecular weight excluding hydrogens is 366 g/mol. The molecule has 1 fully saturated rings. The van der Waals surface area contributed by atoms with Gasteiger partial charge in [-0.3, -0.25) is 4.57 Å². The van der Waals surface area contributed by atoms with Gasteiger partial charge in [0.1, 0.15) is 18.0 Å². The first kappa shape index (κ1) is 22.1. The fraction of sp³-hybridized carbons (Fsp3) is 0.632. The van der Waals surface area contributed by atoms with Crippen LogP contribution in [0.2, 0.25) is 0 Å². The smallest absolute Gasteiger partial charge is 0.351 e. The van der Waals surface area contributed by atoms with E-state index in [1.54, 1.807) is 6.08 Å². The number of rotatable bonds is 10. The Kier molecular flexibility index (Phi) is 8.62. The highest BCUT2D eigenvalue weighted by molar-refractivity contribution is 5.82. The molecule has 1 aliphatic heterocycles. The molecule has 0 radical (unpaired) electrons. The average molecular weight is 395 g/mol. The van der Waals surface area contributed by atoms with Crippen LogP contribution >= 0.6 is 0 Å². The van der Waals surface area contributed by atoms with Gasteiger partial charge in [0.25, 0.3) is 0 Å². The molecule has 0 aliphatic carbocycles. The van der Waals surface area contributed by atoms with Crippen molar-refractivity contribution in [2.24, 2.45) is 0 Å². The van der Waals surface area contributed by atoms with Gasteiger partial charge in [-0.2, -0.15) is 4.98 Å². The van der Waals surface area contributed by atoms with E-state index in [1.165, 1.54) is 37.6 Å². The molecule has 0 unspecified atom stereocenters. The zero-order valence-corrected chi connectivity index (χ0v) is 16.1. The van der Waals surface area contributed by atoms with Crippen molar-refractivity contribution in [3.05, 3.63) is 34.9 Å². The summed E-state index contributed by atoms with van der Waals surface area (Å²) in [5.74, 6) is -0.599. The van der Waals surface area contributed by atoms with Crippen LogP contribution in [0, 0.1) is 0 Å². The van der Waals surface area contributed by atoms with Crippen LogP contribution in [0.1, 0.15) is 51.7 Å². The summed E-state index contributed by atoms with van der Waals surface area (Å²) in [6.07, 6.45) is 6.26. The number of esters is 1. The number of ether oxygens (including phenoxy) is 2. The fourth-order valence-electron chi connectivity index (χ4n) is 3.08. The van der Waals surface area contributed by atoms with Crippen LogP contribution in [0.25, 0.3) is 0 Å². The summed E-state index contributed by atoms with van der Waals surface area (Å²) in [6, 6.07) is 1.38. The Balaban J connectivity index is 1.93. The Morgan fingerprint density at radius 1 is 1.39 bits per heavy atom. The number of aliphatic hydroxyl groups is 2. The summed E-state index contributed by atoms with van der Waals surface area (Å²) in [7, 11) is 0. The number of allylic oxidation sites excluding steroid dienone is 1. The molecule has 1 aliphatic rings. The first-order chi connectivity index (χ1) is 13.5. The highest BCUT2D eigenvalue weighted by Crippen LogP contribution is 2.30. The Morgan fingerprint density at radius 2 is 2.14 bits per heavy atom. The fourth-order valence-corrected chi connectivity index (χ4v) is 3.08. The van der Waals surface area contributed by atoms with Crippen LogP contribution in [-0.2, 0) is 14.3 Å². The van der Waals surface area contributed by atoms with Crippen molar-refractivity contribution < 1.29 is 24.5 Å². The van der Waals surface area contributed by atoms with Crippen molar-refractivity contribution in [3.8, 4) is 0 Å². The van der Waals surface area contributed by atoms with Crippen molar-refractivity contribution in [1.82, 2.24) is 9.55 Å². The molecule has 1 saturated heterocycles. The zero-order chi connectivity index (χ0) is 20.5. The molecule has 0 amide bonds. The number of carbonyl (C=O) groups is 1. The highest BCUT2D eigenvalue weighted by atomic mass is 16.6. The van der Waals surface area contributed by atoms with Crippen LogP contribution in [0.15, 0.2) is 29.2 Å². The summed E-state index contributed by atoms with van der Waals surface area (Å²) in [4.78, 5) is 27.6. The maximum absolute atomic E-state index is 12.0. The first-order valence-electron chi connectivity index (χ1n) is 9.64. The van der Waals surface area contributed by atoms with Gasteiger partial charge >= 0.3 is 11.7 Å². The number of aromatic nitrogens is 2. The topological polar surface area (TPSA) is 137 Å². The monoisotopic (exact) mass is 395 g/mol. The molecule has 0 saturated carbocycles. The lowest BCUT2D eigenvalue weighted by atomic mass is 10.1. The number of nitrogens with zero attached hydrogens (tertiary/aromatic N) is 2. The average Bonchev–Trinajstić information content (AvgIpc) is 2.97. The zero-order valence-electron chi connectivity index (χ0n) is 16.1. The third-order valence-corrected chi connectivity index (χ3v) is 4.60. The standard InChI is InChI=1S/C19H29N3O6/c1-2-3-4-5-6-7-8-9-15(24)28-17-13(12-23)27-18(16(17)25)22-11-10-14(20)21-19(22)26/h8-11,13,16-18,23,25H,2-7,12H2,1H3,(H2,20,21,26)/b9-8-/t13-,16+,17-,18-/m1/s1. The van der Waals surface area contributed by atoms with E-state index in [0.29, 0.717) is 0 Å². The Bertz CT molecular complexity index is 720. The van der Waals surface area contributed by atoms with Crippen molar-refractivity contribution in [3.63, 3.8) is 0 Å². The van der Waals surface area contributed by atoms with Gasteiger partial charge in [0.15, 0.2) is 12.3 Å². The van der Waals surface area contributed by atoms with Crippen molar-refractivity contribution in [1.29, 1.82) is 0 Å². The highest BCUT2D eigenvalue weighted by Gasteiger charge is 2.47. The van der Waals surface area contributed by atoms with Crippen molar-refractivity contribution in [2.45, 2.75) is 70.0 Å². The Hall–Kier alpha value is -2.23.